The number of aliphatic carboxylic acids is 1. The van der Waals surface area contributed by atoms with E-state index in [2.05, 4.69) is 19.2 Å². The van der Waals surface area contributed by atoms with Crippen LogP contribution in [0.25, 0.3) is 0 Å². The molecule has 0 aromatic carbocycles. The van der Waals surface area contributed by atoms with Gasteiger partial charge in [-0.2, -0.15) is 0 Å². The van der Waals surface area contributed by atoms with Crippen molar-refractivity contribution in [1.82, 2.24) is 10.2 Å². The molecule has 0 radical (unpaired) electrons. The summed E-state index contributed by atoms with van der Waals surface area (Å²) in [5.41, 5.74) is 0. The Morgan fingerprint density at radius 2 is 2.15 bits per heavy atom. The summed E-state index contributed by atoms with van der Waals surface area (Å²) in [5, 5.41) is 11.7. The van der Waals surface area contributed by atoms with E-state index in [1.807, 2.05) is 4.90 Å². The number of amides is 2. The second-order valence-electron chi connectivity index (χ2n) is 5.92. The van der Waals surface area contributed by atoms with E-state index in [1.165, 1.54) is 6.42 Å². The van der Waals surface area contributed by atoms with Crippen molar-refractivity contribution in [3.63, 3.8) is 0 Å². The minimum atomic E-state index is -0.741. The number of urea groups is 1. The van der Waals surface area contributed by atoms with Crippen LogP contribution in [0.2, 0.25) is 0 Å². The molecule has 2 N–H and O–H groups in total. The molecule has 116 valence electrons. The Bertz CT molecular complexity index is 320. The van der Waals surface area contributed by atoms with E-state index in [-0.39, 0.29) is 12.5 Å². The third kappa shape index (κ3) is 6.26. The number of carbonyl (C=O) groups excluding carboxylic acids is 1. The van der Waals surface area contributed by atoms with Gasteiger partial charge < -0.3 is 15.3 Å². The van der Waals surface area contributed by atoms with Crippen molar-refractivity contribution < 1.29 is 14.7 Å². The molecule has 1 aliphatic heterocycles. The van der Waals surface area contributed by atoms with Gasteiger partial charge in [-0.15, -0.1) is 0 Å². The molecule has 0 aliphatic carbocycles. The molecule has 1 heterocycles. The lowest BCUT2D eigenvalue weighted by Gasteiger charge is -2.31. The number of carboxylic acid groups (broad SMARTS) is 1. The number of rotatable bonds is 7. The van der Waals surface area contributed by atoms with Crippen molar-refractivity contribution in [3.05, 3.63) is 0 Å². The lowest BCUT2D eigenvalue weighted by molar-refractivity contribution is -0.137. The lowest BCUT2D eigenvalue weighted by Crippen LogP contribution is -2.45. The first-order valence-corrected chi connectivity index (χ1v) is 7.77. The molecule has 0 saturated carbocycles. The Morgan fingerprint density at radius 1 is 1.40 bits per heavy atom. The Balaban J connectivity index is 2.21. The number of hydrogen-bond donors (Lipinski definition) is 2. The molecule has 20 heavy (non-hydrogen) atoms. The maximum Gasteiger partial charge on any atom is 0.317 e. The zero-order valence-corrected chi connectivity index (χ0v) is 12.7. The second kappa shape index (κ2) is 8.82. The Hall–Kier alpha value is -1.26. The van der Waals surface area contributed by atoms with Gasteiger partial charge in [0.2, 0.25) is 0 Å². The maximum absolute atomic E-state index is 12.0. The predicted molar refractivity (Wildman–Crippen MR) is 78.6 cm³/mol. The quantitative estimate of drug-likeness (QED) is 0.755. The van der Waals surface area contributed by atoms with Gasteiger partial charge in [-0.25, -0.2) is 4.79 Å². The number of piperidine rings is 1. The monoisotopic (exact) mass is 284 g/mol. The normalized spacial score (nSPS) is 20.5. The molecule has 0 aromatic heterocycles. The van der Waals surface area contributed by atoms with Crippen LogP contribution in [0.3, 0.4) is 0 Å². The smallest absolute Gasteiger partial charge is 0.317 e. The molecule has 2 atom stereocenters. The third-order valence-electron chi connectivity index (χ3n) is 4.12. The van der Waals surface area contributed by atoms with Gasteiger partial charge in [0.25, 0.3) is 0 Å². The van der Waals surface area contributed by atoms with Gasteiger partial charge in [0.1, 0.15) is 0 Å². The van der Waals surface area contributed by atoms with E-state index in [4.69, 9.17) is 5.11 Å². The molecule has 5 nitrogen and oxygen atoms in total. The van der Waals surface area contributed by atoms with Crippen LogP contribution in [0.4, 0.5) is 4.79 Å². The van der Waals surface area contributed by atoms with Crippen molar-refractivity contribution in [2.75, 3.05) is 19.6 Å². The first kappa shape index (κ1) is 16.8. The molecule has 1 saturated heterocycles. The fourth-order valence-electron chi connectivity index (χ4n) is 2.75. The summed E-state index contributed by atoms with van der Waals surface area (Å²) in [4.78, 5) is 24.5. The predicted octanol–water partition coefficient (Wildman–Crippen LogP) is 2.71. The van der Waals surface area contributed by atoms with E-state index in [1.54, 1.807) is 0 Å². The van der Waals surface area contributed by atoms with E-state index in [9.17, 15) is 9.59 Å². The van der Waals surface area contributed by atoms with Gasteiger partial charge in [0.15, 0.2) is 0 Å². The molecule has 1 rings (SSSR count). The Morgan fingerprint density at radius 3 is 2.75 bits per heavy atom. The fourth-order valence-corrected chi connectivity index (χ4v) is 2.75. The average Bonchev–Trinajstić information content (AvgIpc) is 2.42. The number of carbonyl (C=O) groups is 2. The molecule has 1 aliphatic rings. The summed E-state index contributed by atoms with van der Waals surface area (Å²) in [6.07, 6.45) is 5.03. The molecule has 1 fully saturated rings. The number of nitrogens with one attached hydrogen (secondary N) is 1. The van der Waals surface area contributed by atoms with Crippen molar-refractivity contribution in [1.29, 1.82) is 0 Å². The van der Waals surface area contributed by atoms with Gasteiger partial charge in [-0.3, -0.25) is 4.79 Å². The van der Waals surface area contributed by atoms with Crippen LogP contribution >= 0.6 is 0 Å². The Labute approximate surface area is 121 Å². The Kier molecular flexibility index (Phi) is 7.41. The number of likely N-dealkylation sites (tertiary alicyclic amines) is 1. The first-order valence-electron chi connectivity index (χ1n) is 7.77. The zero-order valence-electron chi connectivity index (χ0n) is 12.7. The number of nitrogens with zero attached hydrogens (tertiary/aromatic N) is 1. The largest absolute Gasteiger partial charge is 0.481 e. The second-order valence-corrected chi connectivity index (χ2v) is 5.92. The third-order valence-corrected chi connectivity index (χ3v) is 4.12. The standard InChI is InChI=1S/C15H28N2O3/c1-3-13(6-7-14(18)19)8-9-16-15(20)17-10-4-5-12(2)11-17/h12-13H,3-11H2,1-2H3,(H,16,20)(H,18,19). The SMILES string of the molecule is CCC(CCNC(=O)N1CCCC(C)C1)CCC(=O)O. The summed E-state index contributed by atoms with van der Waals surface area (Å²) >= 11 is 0. The highest BCUT2D eigenvalue weighted by Gasteiger charge is 2.20. The molecular formula is C15H28N2O3. The molecule has 5 heteroatoms. The van der Waals surface area contributed by atoms with Crippen molar-refractivity contribution in [3.8, 4) is 0 Å². The molecule has 2 unspecified atom stereocenters. The number of hydrogen-bond acceptors (Lipinski definition) is 2. The molecular weight excluding hydrogens is 256 g/mol. The molecule has 2 amide bonds. The fraction of sp³-hybridized carbons (Fsp3) is 0.867. The maximum atomic E-state index is 12.0. The minimum absolute atomic E-state index is 0.0321. The van der Waals surface area contributed by atoms with Crippen molar-refractivity contribution in [2.24, 2.45) is 11.8 Å². The van der Waals surface area contributed by atoms with Gasteiger partial charge in [-0.1, -0.05) is 20.3 Å². The highest BCUT2D eigenvalue weighted by Crippen LogP contribution is 2.16. The van der Waals surface area contributed by atoms with E-state index in [0.29, 0.717) is 24.8 Å². The van der Waals surface area contributed by atoms with Gasteiger partial charge in [0.05, 0.1) is 0 Å². The zero-order chi connectivity index (χ0) is 15.0. The van der Waals surface area contributed by atoms with Crippen LogP contribution in [0.15, 0.2) is 0 Å². The summed E-state index contributed by atoms with van der Waals surface area (Å²) in [7, 11) is 0. The van der Waals surface area contributed by atoms with Gasteiger partial charge in [0, 0.05) is 26.1 Å². The average molecular weight is 284 g/mol. The van der Waals surface area contributed by atoms with E-state index in [0.717, 1.165) is 32.4 Å². The minimum Gasteiger partial charge on any atom is -0.481 e. The van der Waals surface area contributed by atoms with E-state index < -0.39 is 5.97 Å². The van der Waals surface area contributed by atoms with Crippen LogP contribution in [-0.4, -0.2) is 41.6 Å². The van der Waals surface area contributed by atoms with Crippen molar-refractivity contribution >= 4 is 12.0 Å². The van der Waals surface area contributed by atoms with Crippen LogP contribution in [0, 0.1) is 11.8 Å². The summed E-state index contributed by atoms with van der Waals surface area (Å²) in [6, 6.07) is 0.0321. The van der Waals surface area contributed by atoms with E-state index >= 15 is 0 Å². The molecule has 0 aromatic rings. The first-order chi connectivity index (χ1) is 9.52. The number of carboxylic acids is 1. The van der Waals surface area contributed by atoms with Crippen LogP contribution in [0.5, 0.6) is 0 Å². The summed E-state index contributed by atoms with van der Waals surface area (Å²) in [6.45, 7) is 6.59. The van der Waals surface area contributed by atoms with Crippen LogP contribution in [0.1, 0.15) is 52.4 Å². The van der Waals surface area contributed by atoms with Crippen LogP contribution < -0.4 is 5.32 Å². The summed E-state index contributed by atoms with van der Waals surface area (Å²) < 4.78 is 0. The highest BCUT2D eigenvalue weighted by molar-refractivity contribution is 5.74. The topological polar surface area (TPSA) is 69.6 Å². The molecule has 0 spiro atoms. The lowest BCUT2D eigenvalue weighted by atomic mass is 9.96. The summed E-state index contributed by atoms with van der Waals surface area (Å²) in [5.74, 6) is 0.231. The molecule has 0 bridgehead atoms. The van der Waals surface area contributed by atoms with Crippen LogP contribution in [-0.2, 0) is 4.79 Å². The highest BCUT2D eigenvalue weighted by atomic mass is 16.4. The van der Waals surface area contributed by atoms with Gasteiger partial charge in [-0.05, 0) is 37.5 Å². The van der Waals surface area contributed by atoms with Gasteiger partial charge >= 0.3 is 12.0 Å². The van der Waals surface area contributed by atoms with Crippen molar-refractivity contribution in [2.45, 2.75) is 52.4 Å².